The number of benzene rings is 2. The number of amides is 1. The highest BCUT2D eigenvalue weighted by molar-refractivity contribution is 5.91. The number of ether oxygens (including phenoxy) is 3. The summed E-state index contributed by atoms with van der Waals surface area (Å²) in [5, 5.41) is 2.87. The SMILES string of the molecule is CCCOc1ccc(/C=C/C(=O)NCc2cccc(OCC)c2)cc1OC. The van der Waals surface area contributed by atoms with Crippen LogP contribution in [-0.2, 0) is 11.3 Å². The van der Waals surface area contributed by atoms with Gasteiger partial charge in [0.05, 0.1) is 20.3 Å². The molecule has 2 aromatic rings. The summed E-state index contributed by atoms with van der Waals surface area (Å²) in [5.74, 6) is 1.99. The molecule has 5 nitrogen and oxygen atoms in total. The predicted octanol–water partition coefficient (Wildman–Crippen LogP) is 4.21. The number of rotatable bonds is 10. The molecule has 0 aliphatic carbocycles. The van der Waals surface area contributed by atoms with Gasteiger partial charge >= 0.3 is 0 Å². The topological polar surface area (TPSA) is 56.8 Å². The predicted molar refractivity (Wildman–Crippen MR) is 107 cm³/mol. The Balaban J connectivity index is 1.93. The minimum atomic E-state index is -0.165. The van der Waals surface area contributed by atoms with Crippen LogP contribution >= 0.6 is 0 Å². The first kappa shape index (κ1) is 20.4. The molecule has 1 N–H and O–H groups in total. The number of nitrogens with one attached hydrogen (secondary N) is 1. The maximum absolute atomic E-state index is 12.1. The van der Waals surface area contributed by atoms with E-state index in [-0.39, 0.29) is 5.91 Å². The molecular weight excluding hydrogens is 342 g/mol. The number of hydrogen-bond donors (Lipinski definition) is 1. The molecule has 0 fully saturated rings. The molecule has 2 aromatic carbocycles. The lowest BCUT2D eigenvalue weighted by atomic mass is 10.2. The Labute approximate surface area is 161 Å². The van der Waals surface area contributed by atoms with Gasteiger partial charge in [-0.2, -0.15) is 0 Å². The summed E-state index contributed by atoms with van der Waals surface area (Å²) >= 11 is 0. The molecule has 2 rings (SSSR count). The highest BCUT2D eigenvalue weighted by atomic mass is 16.5. The first-order chi connectivity index (χ1) is 13.2. The Hall–Kier alpha value is -2.95. The zero-order chi connectivity index (χ0) is 19.5. The van der Waals surface area contributed by atoms with Gasteiger partial charge in [0.1, 0.15) is 5.75 Å². The van der Waals surface area contributed by atoms with E-state index >= 15 is 0 Å². The van der Waals surface area contributed by atoms with Gasteiger partial charge in [-0.3, -0.25) is 4.79 Å². The highest BCUT2D eigenvalue weighted by Crippen LogP contribution is 2.28. The van der Waals surface area contributed by atoms with Crippen molar-refractivity contribution in [3.05, 3.63) is 59.7 Å². The Bertz CT molecular complexity index is 771. The van der Waals surface area contributed by atoms with Crippen LogP contribution in [0.2, 0.25) is 0 Å². The fourth-order valence-electron chi connectivity index (χ4n) is 2.45. The first-order valence-electron chi connectivity index (χ1n) is 9.14. The monoisotopic (exact) mass is 369 g/mol. The molecule has 0 radical (unpaired) electrons. The molecule has 0 aliphatic rings. The van der Waals surface area contributed by atoms with E-state index in [0.717, 1.165) is 23.3 Å². The Morgan fingerprint density at radius 1 is 1.07 bits per heavy atom. The molecule has 0 aromatic heterocycles. The summed E-state index contributed by atoms with van der Waals surface area (Å²) in [5.41, 5.74) is 1.85. The van der Waals surface area contributed by atoms with Gasteiger partial charge in [0.2, 0.25) is 5.91 Å². The molecule has 144 valence electrons. The van der Waals surface area contributed by atoms with Crippen molar-refractivity contribution >= 4 is 12.0 Å². The molecule has 0 unspecified atom stereocenters. The lowest BCUT2D eigenvalue weighted by Gasteiger charge is -2.10. The normalized spacial score (nSPS) is 10.6. The fraction of sp³-hybridized carbons (Fsp3) is 0.318. The Morgan fingerprint density at radius 3 is 2.67 bits per heavy atom. The van der Waals surface area contributed by atoms with Gasteiger partial charge in [-0.15, -0.1) is 0 Å². The molecule has 5 heteroatoms. The number of hydrogen-bond acceptors (Lipinski definition) is 4. The van der Waals surface area contributed by atoms with Crippen molar-refractivity contribution in [1.29, 1.82) is 0 Å². The van der Waals surface area contributed by atoms with Gasteiger partial charge in [-0.1, -0.05) is 25.1 Å². The van der Waals surface area contributed by atoms with Gasteiger partial charge in [-0.05, 0) is 54.8 Å². The first-order valence-corrected chi connectivity index (χ1v) is 9.14. The van der Waals surface area contributed by atoms with Crippen LogP contribution in [0, 0.1) is 0 Å². The maximum Gasteiger partial charge on any atom is 0.244 e. The number of carbonyl (C=O) groups is 1. The number of methoxy groups -OCH3 is 1. The third kappa shape index (κ3) is 6.70. The minimum Gasteiger partial charge on any atom is -0.494 e. The zero-order valence-electron chi connectivity index (χ0n) is 16.2. The average Bonchev–Trinajstić information content (AvgIpc) is 2.70. The summed E-state index contributed by atoms with van der Waals surface area (Å²) in [6, 6.07) is 13.3. The van der Waals surface area contributed by atoms with Crippen LogP contribution in [0.4, 0.5) is 0 Å². The molecule has 0 saturated carbocycles. The van der Waals surface area contributed by atoms with E-state index in [0.29, 0.717) is 31.3 Å². The Morgan fingerprint density at radius 2 is 1.93 bits per heavy atom. The molecule has 1 amide bonds. The molecule has 0 bridgehead atoms. The van der Waals surface area contributed by atoms with E-state index in [2.05, 4.69) is 12.2 Å². The summed E-state index contributed by atoms with van der Waals surface area (Å²) in [7, 11) is 1.60. The van der Waals surface area contributed by atoms with E-state index < -0.39 is 0 Å². The van der Waals surface area contributed by atoms with Crippen LogP contribution in [0.3, 0.4) is 0 Å². The molecule has 0 saturated heterocycles. The van der Waals surface area contributed by atoms with E-state index in [1.807, 2.05) is 49.4 Å². The fourth-order valence-corrected chi connectivity index (χ4v) is 2.45. The van der Waals surface area contributed by atoms with Crippen LogP contribution < -0.4 is 19.5 Å². The van der Waals surface area contributed by atoms with Gasteiger partial charge < -0.3 is 19.5 Å². The van der Waals surface area contributed by atoms with Crippen molar-refractivity contribution in [2.75, 3.05) is 20.3 Å². The summed E-state index contributed by atoms with van der Waals surface area (Å²) in [6.07, 6.45) is 4.18. The standard InChI is InChI=1S/C22H27NO4/c1-4-13-27-20-11-9-17(15-21(20)25-3)10-12-22(24)23-16-18-7-6-8-19(14-18)26-5-2/h6-12,14-15H,4-5,13,16H2,1-3H3,(H,23,24)/b12-10+. The molecule has 0 atom stereocenters. The zero-order valence-corrected chi connectivity index (χ0v) is 16.2. The van der Waals surface area contributed by atoms with Crippen LogP contribution in [0.1, 0.15) is 31.4 Å². The van der Waals surface area contributed by atoms with E-state index in [4.69, 9.17) is 14.2 Å². The third-order valence-electron chi connectivity index (χ3n) is 3.75. The van der Waals surface area contributed by atoms with E-state index in [9.17, 15) is 4.79 Å². The molecule has 0 spiro atoms. The van der Waals surface area contributed by atoms with Crippen molar-refractivity contribution in [2.24, 2.45) is 0 Å². The second-order valence-corrected chi connectivity index (χ2v) is 5.89. The van der Waals surface area contributed by atoms with Gasteiger partial charge in [0, 0.05) is 12.6 Å². The van der Waals surface area contributed by atoms with Crippen LogP contribution in [-0.4, -0.2) is 26.2 Å². The lowest BCUT2D eigenvalue weighted by molar-refractivity contribution is -0.116. The van der Waals surface area contributed by atoms with Gasteiger partial charge in [0.15, 0.2) is 11.5 Å². The Kier molecular flexibility index (Phi) is 8.23. The number of carbonyl (C=O) groups excluding carboxylic acids is 1. The van der Waals surface area contributed by atoms with Crippen LogP contribution in [0.15, 0.2) is 48.5 Å². The van der Waals surface area contributed by atoms with Gasteiger partial charge in [-0.25, -0.2) is 0 Å². The lowest BCUT2D eigenvalue weighted by Crippen LogP contribution is -2.20. The van der Waals surface area contributed by atoms with Gasteiger partial charge in [0.25, 0.3) is 0 Å². The molecular formula is C22H27NO4. The van der Waals surface area contributed by atoms with Crippen molar-refractivity contribution in [1.82, 2.24) is 5.32 Å². The summed E-state index contributed by atoms with van der Waals surface area (Å²) in [4.78, 5) is 12.1. The summed E-state index contributed by atoms with van der Waals surface area (Å²) < 4.78 is 16.5. The highest BCUT2D eigenvalue weighted by Gasteiger charge is 2.05. The van der Waals surface area contributed by atoms with E-state index in [1.165, 1.54) is 6.08 Å². The van der Waals surface area contributed by atoms with Crippen molar-refractivity contribution in [3.63, 3.8) is 0 Å². The second kappa shape index (κ2) is 10.9. The molecule has 0 aliphatic heterocycles. The minimum absolute atomic E-state index is 0.165. The summed E-state index contributed by atoms with van der Waals surface area (Å²) in [6.45, 7) is 5.69. The van der Waals surface area contributed by atoms with Crippen molar-refractivity contribution in [2.45, 2.75) is 26.8 Å². The third-order valence-corrected chi connectivity index (χ3v) is 3.75. The largest absolute Gasteiger partial charge is 0.494 e. The van der Waals surface area contributed by atoms with Crippen molar-refractivity contribution in [3.8, 4) is 17.2 Å². The maximum atomic E-state index is 12.1. The second-order valence-electron chi connectivity index (χ2n) is 5.89. The van der Waals surface area contributed by atoms with E-state index in [1.54, 1.807) is 13.2 Å². The van der Waals surface area contributed by atoms with Crippen LogP contribution in [0.5, 0.6) is 17.2 Å². The average molecular weight is 369 g/mol. The quantitative estimate of drug-likeness (QED) is 0.637. The van der Waals surface area contributed by atoms with Crippen LogP contribution in [0.25, 0.3) is 6.08 Å². The smallest absolute Gasteiger partial charge is 0.244 e. The van der Waals surface area contributed by atoms with Crippen molar-refractivity contribution < 1.29 is 19.0 Å². The molecule has 27 heavy (non-hydrogen) atoms. The molecule has 0 heterocycles.